The molecule has 1 heterocycles. The molecule has 0 aliphatic heterocycles. The molecule has 1 aromatic heterocycles. The molecule has 1 unspecified atom stereocenters. The molecule has 0 radical (unpaired) electrons. The van der Waals surface area contributed by atoms with Crippen molar-refractivity contribution in [3.8, 4) is 6.07 Å². The molecule has 0 aliphatic rings. The second kappa shape index (κ2) is 9.43. The first-order valence-corrected chi connectivity index (χ1v) is 9.61. The Hall–Kier alpha value is -3.06. The van der Waals surface area contributed by atoms with E-state index in [0.717, 1.165) is 17.4 Å². The van der Waals surface area contributed by atoms with Gasteiger partial charge in [-0.05, 0) is 31.9 Å². The van der Waals surface area contributed by atoms with Gasteiger partial charge >= 0.3 is 11.9 Å². The second-order valence-electron chi connectivity index (χ2n) is 6.11. The fourth-order valence-corrected chi connectivity index (χ4v) is 3.75. The van der Waals surface area contributed by atoms with Gasteiger partial charge in [0, 0.05) is 12.5 Å². The molecule has 0 saturated carbocycles. The standard InChI is InChI=1S/C19H19F2N3O4S/c1-3-19(8-7-15(25)26,17(27)28-4-2)16-14(10-22)29-18(24-16)23-13-6-5-11(20)9-12(13)21/h5-6,9H,3-4,7-8H2,1-2H3,(H,23,24)(H,25,26). The molecule has 0 aliphatic carbocycles. The van der Waals surface area contributed by atoms with Gasteiger partial charge in [0.05, 0.1) is 18.0 Å². The molecule has 2 N–H and O–H groups in total. The molecule has 1 atom stereocenters. The van der Waals surface area contributed by atoms with Gasteiger partial charge < -0.3 is 15.2 Å². The molecule has 1 aromatic carbocycles. The average molecular weight is 423 g/mol. The fourth-order valence-electron chi connectivity index (χ4n) is 2.88. The number of nitrogens with zero attached hydrogens (tertiary/aromatic N) is 2. The minimum atomic E-state index is -1.43. The van der Waals surface area contributed by atoms with Crippen molar-refractivity contribution in [2.45, 2.75) is 38.5 Å². The number of esters is 1. The lowest BCUT2D eigenvalue weighted by Crippen LogP contribution is -2.38. The van der Waals surface area contributed by atoms with E-state index in [-0.39, 0.29) is 47.3 Å². The summed E-state index contributed by atoms with van der Waals surface area (Å²) in [5, 5.41) is 21.4. The zero-order chi connectivity index (χ0) is 21.6. The van der Waals surface area contributed by atoms with E-state index in [1.807, 2.05) is 6.07 Å². The topological polar surface area (TPSA) is 112 Å². The van der Waals surface area contributed by atoms with Gasteiger partial charge in [-0.3, -0.25) is 9.59 Å². The van der Waals surface area contributed by atoms with E-state index in [2.05, 4.69) is 10.3 Å². The highest BCUT2D eigenvalue weighted by molar-refractivity contribution is 7.16. The van der Waals surface area contributed by atoms with Crippen LogP contribution in [0, 0.1) is 23.0 Å². The summed E-state index contributed by atoms with van der Waals surface area (Å²) in [7, 11) is 0. The van der Waals surface area contributed by atoms with Gasteiger partial charge in [-0.1, -0.05) is 18.3 Å². The summed E-state index contributed by atoms with van der Waals surface area (Å²) >= 11 is 0.880. The van der Waals surface area contributed by atoms with Crippen molar-refractivity contribution < 1.29 is 28.2 Å². The van der Waals surface area contributed by atoms with Gasteiger partial charge in [0.25, 0.3) is 0 Å². The van der Waals surface area contributed by atoms with Crippen LogP contribution in [0.4, 0.5) is 19.6 Å². The highest BCUT2D eigenvalue weighted by Gasteiger charge is 2.44. The number of hydrogen-bond acceptors (Lipinski definition) is 7. The first kappa shape index (κ1) is 22.2. The largest absolute Gasteiger partial charge is 0.481 e. The molecule has 2 aromatic rings. The van der Waals surface area contributed by atoms with E-state index in [4.69, 9.17) is 9.84 Å². The van der Waals surface area contributed by atoms with E-state index in [0.29, 0.717) is 6.07 Å². The van der Waals surface area contributed by atoms with Gasteiger partial charge in [0.15, 0.2) is 5.13 Å². The summed E-state index contributed by atoms with van der Waals surface area (Å²) in [4.78, 5) is 28.2. The highest BCUT2D eigenvalue weighted by atomic mass is 32.1. The molecular weight excluding hydrogens is 404 g/mol. The predicted octanol–water partition coefficient (Wildman–Crippen LogP) is 4.11. The van der Waals surface area contributed by atoms with Crippen LogP contribution in [-0.2, 0) is 19.7 Å². The number of hydrogen-bond donors (Lipinski definition) is 2. The first-order valence-electron chi connectivity index (χ1n) is 8.79. The highest BCUT2D eigenvalue weighted by Crippen LogP contribution is 2.40. The Labute approximate surface area is 170 Å². The summed E-state index contributed by atoms with van der Waals surface area (Å²) < 4.78 is 32.2. The van der Waals surface area contributed by atoms with Crippen LogP contribution in [0.25, 0.3) is 0 Å². The van der Waals surface area contributed by atoms with Crippen molar-refractivity contribution in [2.75, 3.05) is 11.9 Å². The van der Waals surface area contributed by atoms with Crippen LogP contribution in [0.15, 0.2) is 18.2 Å². The van der Waals surface area contributed by atoms with Crippen molar-refractivity contribution in [2.24, 2.45) is 0 Å². The van der Waals surface area contributed by atoms with Crippen LogP contribution in [0.3, 0.4) is 0 Å². The van der Waals surface area contributed by atoms with Crippen LogP contribution in [0.1, 0.15) is 43.7 Å². The number of aliphatic carboxylic acids is 1. The third-order valence-corrected chi connectivity index (χ3v) is 5.27. The smallest absolute Gasteiger partial charge is 0.318 e. The number of anilines is 2. The number of benzene rings is 1. The van der Waals surface area contributed by atoms with Gasteiger partial charge in [0.1, 0.15) is 28.0 Å². The van der Waals surface area contributed by atoms with Gasteiger partial charge in [-0.2, -0.15) is 5.26 Å². The van der Waals surface area contributed by atoms with Crippen molar-refractivity contribution in [1.82, 2.24) is 4.98 Å². The van der Waals surface area contributed by atoms with Crippen molar-refractivity contribution in [3.63, 3.8) is 0 Å². The summed E-state index contributed by atoms with van der Waals surface area (Å²) in [6.07, 6.45) is -0.285. The number of carboxylic acids is 1. The van der Waals surface area contributed by atoms with E-state index in [9.17, 15) is 23.6 Å². The number of carboxylic acid groups (broad SMARTS) is 1. The molecule has 0 spiro atoms. The number of thiazole rings is 1. The molecule has 0 bridgehead atoms. The van der Waals surface area contributed by atoms with Gasteiger partial charge in [0.2, 0.25) is 0 Å². The van der Waals surface area contributed by atoms with Gasteiger partial charge in [-0.25, -0.2) is 13.8 Å². The molecule has 0 amide bonds. The normalized spacial score (nSPS) is 12.7. The predicted molar refractivity (Wildman–Crippen MR) is 102 cm³/mol. The number of aromatic nitrogens is 1. The lowest BCUT2D eigenvalue weighted by atomic mass is 9.77. The average Bonchev–Trinajstić information content (AvgIpc) is 3.08. The molecule has 2 rings (SSSR count). The zero-order valence-corrected chi connectivity index (χ0v) is 16.6. The Morgan fingerprint density at radius 2 is 2.10 bits per heavy atom. The molecule has 7 nitrogen and oxygen atoms in total. The SMILES string of the molecule is CCOC(=O)C(CC)(CCC(=O)O)c1nc(Nc2ccc(F)cc2F)sc1C#N. The Morgan fingerprint density at radius 1 is 1.38 bits per heavy atom. The Morgan fingerprint density at radius 3 is 2.66 bits per heavy atom. The Balaban J connectivity index is 2.51. The lowest BCUT2D eigenvalue weighted by Gasteiger charge is -2.28. The van der Waals surface area contributed by atoms with E-state index >= 15 is 0 Å². The summed E-state index contributed by atoms with van der Waals surface area (Å²) in [5.74, 6) is -3.37. The number of rotatable bonds is 9. The first-order chi connectivity index (χ1) is 13.8. The third kappa shape index (κ3) is 4.86. The molecule has 154 valence electrons. The van der Waals surface area contributed by atoms with Crippen LogP contribution in [0.5, 0.6) is 0 Å². The summed E-state index contributed by atoms with van der Waals surface area (Å²) in [5.41, 5.74) is -1.41. The quantitative estimate of drug-likeness (QED) is 0.584. The minimum absolute atomic E-state index is 0.0556. The monoisotopic (exact) mass is 423 g/mol. The van der Waals surface area contributed by atoms with Crippen LogP contribution < -0.4 is 5.32 Å². The van der Waals surface area contributed by atoms with Crippen LogP contribution in [-0.4, -0.2) is 28.6 Å². The zero-order valence-electron chi connectivity index (χ0n) is 15.8. The van der Waals surface area contributed by atoms with Crippen molar-refractivity contribution in [1.29, 1.82) is 5.26 Å². The number of nitriles is 1. The van der Waals surface area contributed by atoms with Crippen LogP contribution in [0.2, 0.25) is 0 Å². The molecule has 10 heteroatoms. The second-order valence-corrected chi connectivity index (χ2v) is 7.11. The maximum atomic E-state index is 13.9. The number of nitrogens with one attached hydrogen (secondary N) is 1. The van der Waals surface area contributed by atoms with Crippen molar-refractivity contribution in [3.05, 3.63) is 40.4 Å². The van der Waals surface area contributed by atoms with E-state index in [1.165, 1.54) is 6.07 Å². The molecular formula is C19H19F2N3O4S. The Bertz CT molecular complexity index is 957. The molecule has 29 heavy (non-hydrogen) atoms. The lowest BCUT2D eigenvalue weighted by molar-refractivity contribution is -0.151. The van der Waals surface area contributed by atoms with Gasteiger partial charge in [-0.15, -0.1) is 0 Å². The Kier molecular flexibility index (Phi) is 7.23. The maximum absolute atomic E-state index is 13.9. The number of carbonyl (C=O) groups is 2. The number of ether oxygens (including phenoxy) is 1. The maximum Gasteiger partial charge on any atom is 0.318 e. The summed E-state index contributed by atoms with van der Waals surface area (Å²) in [6.45, 7) is 3.36. The van der Waals surface area contributed by atoms with E-state index in [1.54, 1.807) is 13.8 Å². The summed E-state index contributed by atoms with van der Waals surface area (Å²) in [6, 6.07) is 4.90. The number of halogens is 2. The van der Waals surface area contributed by atoms with E-state index < -0.39 is 29.0 Å². The minimum Gasteiger partial charge on any atom is -0.481 e. The fraction of sp³-hybridized carbons (Fsp3) is 0.368. The molecule has 0 saturated heterocycles. The molecule has 0 fully saturated rings. The van der Waals surface area contributed by atoms with Crippen LogP contribution >= 0.6 is 11.3 Å². The third-order valence-electron chi connectivity index (χ3n) is 4.39. The number of carbonyl (C=O) groups excluding carboxylic acids is 1. The van der Waals surface area contributed by atoms with Crippen molar-refractivity contribution >= 4 is 34.1 Å².